The number of aromatic nitrogens is 2. The first-order chi connectivity index (χ1) is 9.87. The fraction of sp³-hybridized carbons (Fsp3) is 0.385. The number of nitrogens with zero attached hydrogens (tertiary/aromatic N) is 1. The fourth-order valence-corrected chi connectivity index (χ4v) is 4.49. The number of carboxylic acids is 1. The molecule has 0 spiro atoms. The van der Waals surface area contributed by atoms with Crippen molar-refractivity contribution in [1.29, 1.82) is 0 Å². The van der Waals surface area contributed by atoms with E-state index in [-0.39, 0.29) is 17.1 Å². The Kier molecular flexibility index (Phi) is 3.12. The Morgan fingerprint density at radius 1 is 1.38 bits per heavy atom. The number of sulfone groups is 1. The molecular weight excluding hydrogens is 296 g/mol. The summed E-state index contributed by atoms with van der Waals surface area (Å²) in [5, 5.41) is 9.04. The second kappa shape index (κ2) is 4.73. The maximum Gasteiger partial charge on any atom is 0.335 e. The van der Waals surface area contributed by atoms with Crippen LogP contribution in [-0.2, 0) is 9.84 Å². The quantitative estimate of drug-likeness (QED) is 0.851. The molecule has 1 saturated heterocycles. The average Bonchev–Trinajstić information content (AvgIpc) is 2.72. The van der Waals surface area contributed by atoms with E-state index in [0.717, 1.165) is 0 Å². The zero-order chi connectivity index (χ0) is 15.2. The molecular formula is C13H14N2O5S. The number of H-pyrrole nitrogens is 1. The van der Waals surface area contributed by atoms with Gasteiger partial charge in [0.2, 0.25) is 0 Å². The zero-order valence-corrected chi connectivity index (χ0v) is 11.9. The van der Waals surface area contributed by atoms with Gasteiger partial charge in [-0.25, -0.2) is 18.0 Å². The van der Waals surface area contributed by atoms with E-state index in [1.54, 1.807) is 0 Å². The van der Waals surface area contributed by atoms with Gasteiger partial charge < -0.3 is 10.1 Å². The van der Waals surface area contributed by atoms with Crippen LogP contribution in [-0.4, -0.2) is 40.6 Å². The van der Waals surface area contributed by atoms with Crippen molar-refractivity contribution in [1.82, 2.24) is 9.55 Å². The smallest absolute Gasteiger partial charge is 0.335 e. The van der Waals surface area contributed by atoms with Crippen LogP contribution < -0.4 is 5.69 Å². The first-order valence-corrected chi connectivity index (χ1v) is 8.37. The summed E-state index contributed by atoms with van der Waals surface area (Å²) in [5.41, 5.74) is 0.596. The molecule has 0 saturated carbocycles. The van der Waals surface area contributed by atoms with Crippen LogP contribution in [0.25, 0.3) is 11.0 Å². The van der Waals surface area contributed by atoms with Gasteiger partial charge in [0.1, 0.15) is 0 Å². The van der Waals surface area contributed by atoms with E-state index in [0.29, 0.717) is 23.9 Å². The average molecular weight is 310 g/mol. The Balaban J connectivity index is 2.17. The molecule has 112 valence electrons. The van der Waals surface area contributed by atoms with Crippen LogP contribution in [0.4, 0.5) is 0 Å². The van der Waals surface area contributed by atoms with Crippen LogP contribution in [0.5, 0.6) is 0 Å². The first-order valence-electron chi connectivity index (χ1n) is 6.55. The Labute approximate surface area is 120 Å². The van der Waals surface area contributed by atoms with Gasteiger partial charge in [0, 0.05) is 0 Å². The molecule has 7 nitrogen and oxygen atoms in total. The molecule has 0 aliphatic carbocycles. The molecule has 2 N–H and O–H groups in total. The van der Waals surface area contributed by atoms with Crippen molar-refractivity contribution in [2.75, 3.05) is 11.5 Å². The van der Waals surface area contributed by atoms with Crippen molar-refractivity contribution in [3.63, 3.8) is 0 Å². The predicted octanol–water partition coefficient (Wildman–Crippen LogP) is 0.778. The summed E-state index contributed by atoms with van der Waals surface area (Å²) in [6, 6.07) is 3.88. The second-order valence-corrected chi connectivity index (χ2v) is 7.48. The van der Waals surface area contributed by atoms with Gasteiger partial charge in [0.25, 0.3) is 0 Å². The molecule has 0 amide bonds. The van der Waals surface area contributed by atoms with Crippen LogP contribution in [0.2, 0.25) is 0 Å². The van der Waals surface area contributed by atoms with Gasteiger partial charge in [-0.3, -0.25) is 4.57 Å². The fourth-order valence-electron chi connectivity index (χ4n) is 2.82. The first kappa shape index (κ1) is 13.9. The van der Waals surface area contributed by atoms with Crippen molar-refractivity contribution in [2.45, 2.75) is 18.9 Å². The minimum absolute atomic E-state index is 0.0638. The van der Waals surface area contributed by atoms with Crippen molar-refractivity contribution < 1.29 is 18.3 Å². The molecule has 0 bridgehead atoms. The van der Waals surface area contributed by atoms with E-state index < -0.39 is 27.5 Å². The maximum atomic E-state index is 12.1. The molecule has 1 aromatic heterocycles. The number of hydrogen-bond acceptors (Lipinski definition) is 4. The topological polar surface area (TPSA) is 109 Å². The number of benzene rings is 1. The summed E-state index contributed by atoms with van der Waals surface area (Å²) >= 11 is 0. The molecule has 2 heterocycles. The Bertz CT molecular complexity index is 878. The summed E-state index contributed by atoms with van der Waals surface area (Å²) in [6.45, 7) is 0. The van der Waals surface area contributed by atoms with Gasteiger partial charge in [0.15, 0.2) is 9.84 Å². The summed E-state index contributed by atoms with van der Waals surface area (Å²) in [7, 11) is -3.16. The monoisotopic (exact) mass is 310 g/mol. The Morgan fingerprint density at radius 2 is 2.14 bits per heavy atom. The number of carboxylic acid groups (broad SMARTS) is 1. The minimum atomic E-state index is -3.16. The molecule has 8 heteroatoms. The number of carbonyl (C=O) groups is 1. The highest BCUT2D eigenvalue weighted by Crippen LogP contribution is 2.25. The molecule has 1 aliphatic heterocycles. The zero-order valence-electron chi connectivity index (χ0n) is 11.1. The summed E-state index contributed by atoms with van der Waals surface area (Å²) < 4.78 is 24.9. The summed E-state index contributed by atoms with van der Waals surface area (Å²) in [6.07, 6.45) is 1.09. The lowest BCUT2D eigenvalue weighted by atomic mass is 10.1. The molecule has 1 unspecified atom stereocenters. The number of nitrogens with one attached hydrogen (secondary N) is 1. The van der Waals surface area contributed by atoms with Crippen LogP contribution in [0, 0.1) is 0 Å². The van der Waals surface area contributed by atoms with E-state index >= 15 is 0 Å². The molecule has 1 fully saturated rings. The largest absolute Gasteiger partial charge is 0.478 e. The Hall–Kier alpha value is -2.09. The van der Waals surface area contributed by atoms with Crippen LogP contribution in [0.1, 0.15) is 29.2 Å². The van der Waals surface area contributed by atoms with Crippen LogP contribution in [0.3, 0.4) is 0 Å². The van der Waals surface area contributed by atoms with Gasteiger partial charge in [-0.1, -0.05) is 0 Å². The lowest BCUT2D eigenvalue weighted by molar-refractivity contribution is 0.0697. The van der Waals surface area contributed by atoms with E-state index in [9.17, 15) is 18.0 Å². The molecule has 1 aliphatic rings. The number of imidazole rings is 1. The number of aromatic carboxylic acids is 1. The number of rotatable bonds is 2. The molecule has 3 rings (SSSR count). The molecule has 1 atom stereocenters. The van der Waals surface area contributed by atoms with Gasteiger partial charge in [-0.2, -0.15) is 0 Å². The Morgan fingerprint density at radius 3 is 2.81 bits per heavy atom. The van der Waals surface area contributed by atoms with Crippen molar-refractivity contribution in [2.24, 2.45) is 0 Å². The highest BCUT2D eigenvalue weighted by atomic mass is 32.2. The third-order valence-corrected chi connectivity index (χ3v) is 5.57. The van der Waals surface area contributed by atoms with Crippen molar-refractivity contribution >= 4 is 26.8 Å². The van der Waals surface area contributed by atoms with E-state index in [4.69, 9.17) is 5.11 Å². The number of aromatic amines is 1. The van der Waals surface area contributed by atoms with E-state index in [1.807, 2.05) is 0 Å². The van der Waals surface area contributed by atoms with Crippen LogP contribution >= 0.6 is 0 Å². The van der Waals surface area contributed by atoms with E-state index in [2.05, 4.69) is 4.98 Å². The lowest BCUT2D eigenvalue weighted by Crippen LogP contribution is -2.32. The minimum Gasteiger partial charge on any atom is -0.478 e. The normalized spacial score (nSPS) is 21.4. The van der Waals surface area contributed by atoms with Crippen LogP contribution in [0.15, 0.2) is 23.0 Å². The third-order valence-electron chi connectivity index (χ3n) is 3.77. The molecule has 0 radical (unpaired) electrons. The van der Waals surface area contributed by atoms with E-state index in [1.165, 1.54) is 22.8 Å². The van der Waals surface area contributed by atoms with Gasteiger partial charge >= 0.3 is 11.7 Å². The maximum absolute atomic E-state index is 12.1. The second-order valence-electron chi connectivity index (χ2n) is 5.25. The van der Waals surface area contributed by atoms with Gasteiger partial charge in [-0.15, -0.1) is 0 Å². The summed E-state index contributed by atoms with van der Waals surface area (Å²) in [5.74, 6) is -1.04. The molecule has 2 aromatic rings. The molecule has 1 aromatic carbocycles. The van der Waals surface area contributed by atoms with Gasteiger partial charge in [0.05, 0.1) is 34.1 Å². The van der Waals surface area contributed by atoms with Gasteiger partial charge in [-0.05, 0) is 31.0 Å². The summed E-state index contributed by atoms with van der Waals surface area (Å²) in [4.78, 5) is 25.8. The lowest BCUT2D eigenvalue weighted by Gasteiger charge is -2.23. The van der Waals surface area contributed by atoms with Crippen molar-refractivity contribution in [3.8, 4) is 0 Å². The molecule has 21 heavy (non-hydrogen) atoms. The SMILES string of the molecule is O=C(O)c1ccc2[nH]c(=O)n(C3CCCS(=O)(=O)C3)c2c1. The highest BCUT2D eigenvalue weighted by molar-refractivity contribution is 7.91. The standard InChI is InChI=1S/C13H14N2O5S/c16-12(17)8-3-4-10-11(6-8)15(13(18)14-10)9-2-1-5-21(19,20)7-9/h3-4,6,9H,1-2,5,7H2,(H,14,18)(H,16,17). The van der Waals surface area contributed by atoms with Crippen molar-refractivity contribution in [3.05, 3.63) is 34.2 Å². The highest BCUT2D eigenvalue weighted by Gasteiger charge is 2.28. The number of hydrogen-bond donors (Lipinski definition) is 2. The number of fused-ring (bicyclic) bond motifs is 1. The predicted molar refractivity (Wildman–Crippen MR) is 76.4 cm³/mol. The third kappa shape index (κ3) is 2.46.